The van der Waals surface area contributed by atoms with Gasteiger partial charge in [-0.15, -0.1) is 0 Å². The molecule has 0 heterocycles. The summed E-state index contributed by atoms with van der Waals surface area (Å²) in [6.45, 7) is 3.18. The number of hydrogen-bond acceptors (Lipinski definition) is 6. The Kier molecular flexibility index (Phi) is 8.64. The van der Waals surface area contributed by atoms with Crippen molar-refractivity contribution in [1.29, 1.82) is 0 Å². The average molecular weight is 610 g/mol. The number of Topliss-reactive ketones (excluding diaryl/α,β-unsaturated/α-hetero) is 1. The highest BCUT2D eigenvalue weighted by atomic mass is 35.5. The summed E-state index contributed by atoms with van der Waals surface area (Å²) >= 11 is 13.2. The van der Waals surface area contributed by atoms with E-state index in [1.54, 1.807) is 69.5 Å². The van der Waals surface area contributed by atoms with E-state index in [4.69, 9.17) is 27.9 Å². The van der Waals surface area contributed by atoms with Gasteiger partial charge in [0.1, 0.15) is 5.78 Å². The van der Waals surface area contributed by atoms with Gasteiger partial charge in [-0.25, -0.2) is 16.8 Å². The summed E-state index contributed by atoms with van der Waals surface area (Å²) in [6, 6.07) is 16.2. The van der Waals surface area contributed by atoms with Gasteiger partial charge in [-0.3, -0.25) is 4.79 Å². The highest BCUT2D eigenvalue weighted by Crippen LogP contribution is 2.51. The van der Waals surface area contributed by atoms with Crippen molar-refractivity contribution in [3.8, 4) is 11.1 Å². The molecule has 1 aliphatic rings. The molecule has 0 radical (unpaired) electrons. The molecule has 0 spiro atoms. The lowest BCUT2D eigenvalue weighted by Crippen LogP contribution is -2.31. The third-order valence-electron chi connectivity index (χ3n) is 7.31. The van der Waals surface area contributed by atoms with E-state index in [1.165, 1.54) is 12.1 Å². The summed E-state index contributed by atoms with van der Waals surface area (Å²) < 4.78 is 54.5. The van der Waals surface area contributed by atoms with E-state index in [2.05, 4.69) is 0 Å². The van der Waals surface area contributed by atoms with Crippen LogP contribution in [0.5, 0.6) is 0 Å². The molecule has 1 unspecified atom stereocenters. The van der Waals surface area contributed by atoms with Crippen LogP contribution in [0.3, 0.4) is 0 Å². The SMILES string of the molecule is CCS(=O)(=O)c1ccc(-c2c(Cl)cc(CC(=O)C(c3ccc(S(=O)(=O)CC)cc3)C3(OC)CC3)cc2Cl)cc1. The Hall–Kier alpha value is -2.23. The monoisotopic (exact) mass is 608 g/mol. The molecule has 3 aromatic rings. The van der Waals surface area contributed by atoms with Crippen molar-refractivity contribution >= 4 is 48.7 Å². The maximum Gasteiger partial charge on any atom is 0.178 e. The van der Waals surface area contributed by atoms with Gasteiger partial charge in [-0.1, -0.05) is 61.3 Å². The highest BCUT2D eigenvalue weighted by Gasteiger charge is 2.53. The lowest BCUT2D eigenvalue weighted by Gasteiger charge is -2.26. The maximum atomic E-state index is 13.7. The fraction of sp³-hybridized carbons (Fsp3) is 0.345. The molecule has 0 amide bonds. The van der Waals surface area contributed by atoms with Gasteiger partial charge in [0.25, 0.3) is 0 Å². The molecule has 0 aromatic heterocycles. The van der Waals surface area contributed by atoms with E-state index in [9.17, 15) is 21.6 Å². The number of methoxy groups -OCH3 is 1. The fourth-order valence-corrected chi connectivity index (χ4v) is 7.37. The molecule has 0 bridgehead atoms. The molecule has 1 aliphatic carbocycles. The Labute approximate surface area is 240 Å². The van der Waals surface area contributed by atoms with Crippen molar-refractivity contribution in [3.05, 3.63) is 81.8 Å². The topological polar surface area (TPSA) is 94.6 Å². The van der Waals surface area contributed by atoms with Gasteiger partial charge < -0.3 is 4.74 Å². The molecule has 39 heavy (non-hydrogen) atoms. The lowest BCUT2D eigenvalue weighted by molar-refractivity contribution is -0.123. The van der Waals surface area contributed by atoms with E-state index in [0.29, 0.717) is 32.3 Å². The number of halogens is 2. The van der Waals surface area contributed by atoms with Crippen molar-refractivity contribution < 1.29 is 26.4 Å². The first-order valence-corrected chi connectivity index (χ1v) is 16.6. The van der Waals surface area contributed by atoms with Crippen LogP contribution in [-0.4, -0.2) is 46.8 Å². The molecule has 3 aromatic carbocycles. The van der Waals surface area contributed by atoms with Crippen LogP contribution in [-0.2, 0) is 35.6 Å². The quantitative estimate of drug-likeness (QED) is 0.253. The second-order valence-corrected chi connectivity index (χ2v) is 15.1. The van der Waals surface area contributed by atoms with E-state index >= 15 is 0 Å². The summed E-state index contributed by atoms with van der Waals surface area (Å²) in [5.41, 5.74) is 1.91. The average Bonchev–Trinajstić information content (AvgIpc) is 3.70. The number of ketones is 1. The van der Waals surface area contributed by atoms with Crippen molar-refractivity contribution in [2.45, 2.75) is 54.4 Å². The Morgan fingerprint density at radius 3 is 1.72 bits per heavy atom. The van der Waals surface area contributed by atoms with E-state index in [1.807, 2.05) is 0 Å². The zero-order chi connectivity index (χ0) is 28.6. The fourth-order valence-electron chi connectivity index (χ4n) is 4.85. The van der Waals surface area contributed by atoms with Crippen molar-refractivity contribution in [2.24, 2.45) is 0 Å². The van der Waals surface area contributed by atoms with Gasteiger partial charge in [-0.05, 0) is 65.9 Å². The van der Waals surface area contributed by atoms with Gasteiger partial charge in [-0.2, -0.15) is 0 Å². The number of hydrogen-bond donors (Lipinski definition) is 0. The zero-order valence-corrected chi connectivity index (χ0v) is 25.1. The molecule has 10 heteroatoms. The van der Waals surface area contributed by atoms with Crippen LogP contribution in [0, 0.1) is 0 Å². The smallest absolute Gasteiger partial charge is 0.178 e. The van der Waals surface area contributed by atoms with Gasteiger partial charge in [0, 0.05) is 19.1 Å². The molecule has 6 nitrogen and oxygen atoms in total. The number of carbonyl (C=O) groups is 1. The normalized spacial score (nSPS) is 15.6. The van der Waals surface area contributed by atoms with Crippen LogP contribution in [0.2, 0.25) is 10.0 Å². The second kappa shape index (κ2) is 11.3. The molecule has 1 fully saturated rings. The lowest BCUT2D eigenvalue weighted by atomic mass is 9.84. The van der Waals surface area contributed by atoms with Crippen LogP contribution >= 0.6 is 23.2 Å². The van der Waals surface area contributed by atoms with Crippen LogP contribution in [0.15, 0.2) is 70.5 Å². The largest absolute Gasteiger partial charge is 0.377 e. The molecule has 208 valence electrons. The van der Waals surface area contributed by atoms with Crippen molar-refractivity contribution in [1.82, 2.24) is 0 Å². The molecule has 0 aliphatic heterocycles. The van der Waals surface area contributed by atoms with Crippen LogP contribution in [0.25, 0.3) is 11.1 Å². The maximum absolute atomic E-state index is 13.7. The third kappa shape index (κ3) is 6.10. The molecule has 4 rings (SSSR count). The van der Waals surface area contributed by atoms with Crippen molar-refractivity contribution in [2.75, 3.05) is 18.6 Å². The predicted octanol–water partition coefficient (Wildman–Crippen LogP) is 6.32. The number of benzene rings is 3. The summed E-state index contributed by atoms with van der Waals surface area (Å²) in [7, 11) is -5.10. The minimum atomic E-state index is -3.36. The minimum absolute atomic E-state index is 0.00376. The van der Waals surface area contributed by atoms with Gasteiger partial charge in [0.15, 0.2) is 19.7 Å². The van der Waals surface area contributed by atoms with Gasteiger partial charge in [0.05, 0.1) is 42.9 Å². The van der Waals surface area contributed by atoms with E-state index in [-0.39, 0.29) is 33.5 Å². The Balaban J connectivity index is 1.62. The Bertz CT molecular complexity index is 1570. The summed E-state index contributed by atoms with van der Waals surface area (Å²) in [5.74, 6) is -0.666. The van der Waals surface area contributed by atoms with Gasteiger partial charge in [0.2, 0.25) is 0 Å². The number of carbonyl (C=O) groups excluding carboxylic acids is 1. The van der Waals surface area contributed by atoms with E-state index in [0.717, 1.165) is 12.8 Å². The third-order valence-corrected chi connectivity index (χ3v) is 11.4. The van der Waals surface area contributed by atoms with E-state index < -0.39 is 31.2 Å². The molecular formula is C29H30Cl2O6S2. The zero-order valence-electron chi connectivity index (χ0n) is 21.9. The summed E-state index contributed by atoms with van der Waals surface area (Å²) in [5, 5.41) is 0.685. The van der Waals surface area contributed by atoms with Crippen LogP contribution in [0.1, 0.15) is 43.7 Å². The second-order valence-electron chi connectivity index (χ2n) is 9.68. The summed E-state index contributed by atoms with van der Waals surface area (Å²) in [6.07, 6.45) is 1.50. The Morgan fingerprint density at radius 2 is 1.31 bits per heavy atom. The summed E-state index contributed by atoms with van der Waals surface area (Å²) in [4.78, 5) is 14.1. The molecule has 0 saturated heterocycles. The molecule has 0 N–H and O–H groups in total. The Morgan fingerprint density at radius 1 is 0.846 bits per heavy atom. The number of sulfone groups is 2. The highest BCUT2D eigenvalue weighted by molar-refractivity contribution is 7.91. The van der Waals surface area contributed by atoms with Crippen LogP contribution < -0.4 is 0 Å². The van der Waals surface area contributed by atoms with Crippen LogP contribution in [0.4, 0.5) is 0 Å². The first kappa shape index (κ1) is 29.7. The first-order chi connectivity index (χ1) is 18.4. The predicted molar refractivity (Wildman–Crippen MR) is 154 cm³/mol. The van der Waals surface area contributed by atoms with Crippen molar-refractivity contribution in [3.63, 3.8) is 0 Å². The van der Waals surface area contributed by atoms with Gasteiger partial charge >= 0.3 is 0 Å². The standard InChI is InChI=1S/C29H30Cl2O6S2/c1-4-38(33,34)22-10-6-20(7-11-22)27-24(30)16-19(17-25(27)31)18-26(32)28(29(37-3)14-15-29)21-8-12-23(13-9-21)39(35,36)5-2/h6-13,16-17,28H,4-5,14-15,18H2,1-3H3. The first-order valence-electron chi connectivity index (χ1n) is 12.6. The molecule has 1 atom stereocenters. The molecule has 1 saturated carbocycles. The number of rotatable bonds is 11. The minimum Gasteiger partial charge on any atom is -0.377 e. The molecular weight excluding hydrogens is 579 g/mol. The number of ether oxygens (including phenoxy) is 1.